The van der Waals surface area contributed by atoms with Gasteiger partial charge >= 0.3 is 0 Å². The van der Waals surface area contributed by atoms with Gasteiger partial charge in [0.2, 0.25) is 11.8 Å². The van der Waals surface area contributed by atoms with Crippen molar-refractivity contribution in [1.29, 1.82) is 0 Å². The maximum absolute atomic E-state index is 12.3. The molecule has 1 aromatic carbocycles. The van der Waals surface area contributed by atoms with E-state index in [2.05, 4.69) is 31.2 Å². The highest BCUT2D eigenvalue weighted by molar-refractivity contribution is 5.82. The lowest BCUT2D eigenvalue weighted by Gasteiger charge is -2.26. The molecule has 2 aliphatic heterocycles. The third-order valence-corrected chi connectivity index (χ3v) is 4.80. The SMILES string of the molecule is Cc1ccc(CN2C(=O)CCC2CC(=O)N2CCCC2)cc1. The number of carbonyl (C=O) groups is 2. The van der Waals surface area contributed by atoms with Crippen LogP contribution in [-0.2, 0) is 16.1 Å². The Morgan fingerprint density at radius 2 is 1.86 bits per heavy atom. The van der Waals surface area contributed by atoms with E-state index in [4.69, 9.17) is 0 Å². The van der Waals surface area contributed by atoms with Gasteiger partial charge in [0.25, 0.3) is 0 Å². The molecule has 1 atom stereocenters. The van der Waals surface area contributed by atoms with E-state index in [1.165, 1.54) is 5.56 Å². The Bertz CT molecular complexity index is 547. The van der Waals surface area contributed by atoms with E-state index in [-0.39, 0.29) is 17.9 Å². The minimum absolute atomic E-state index is 0.0712. The maximum atomic E-state index is 12.3. The largest absolute Gasteiger partial charge is 0.343 e. The molecule has 2 aliphatic rings. The topological polar surface area (TPSA) is 40.6 Å². The summed E-state index contributed by atoms with van der Waals surface area (Å²) in [6, 6.07) is 8.35. The molecular weight excluding hydrogens is 276 g/mol. The Hall–Kier alpha value is -1.84. The van der Waals surface area contributed by atoms with Crippen molar-refractivity contribution in [2.75, 3.05) is 13.1 Å². The number of rotatable bonds is 4. The number of aryl methyl sites for hydroxylation is 1. The average Bonchev–Trinajstić information content (AvgIpc) is 3.14. The zero-order valence-electron chi connectivity index (χ0n) is 13.3. The van der Waals surface area contributed by atoms with Gasteiger partial charge < -0.3 is 9.80 Å². The number of hydrogen-bond acceptors (Lipinski definition) is 2. The van der Waals surface area contributed by atoms with Crippen LogP contribution in [-0.4, -0.2) is 40.7 Å². The number of likely N-dealkylation sites (tertiary alicyclic amines) is 2. The summed E-state index contributed by atoms with van der Waals surface area (Å²) in [6.07, 6.45) is 4.09. The standard InChI is InChI=1S/C18H24N2O2/c1-14-4-6-15(7-5-14)13-20-16(8-9-17(20)21)12-18(22)19-10-2-3-11-19/h4-7,16H,2-3,8-13H2,1H3. The van der Waals surface area contributed by atoms with Crippen LogP contribution in [0.5, 0.6) is 0 Å². The summed E-state index contributed by atoms with van der Waals surface area (Å²) >= 11 is 0. The molecular formula is C18H24N2O2. The molecule has 118 valence electrons. The Labute approximate surface area is 132 Å². The van der Waals surface area contributed by atoms with Crippen LogP contribution < -0.4 is 0 Å². The Kier molecular flexibility index (Phi) is 4.46. The van der Waals surface area contributed by atoms with Crippen molar-refractivity contribution in [2.45, 2.75) is 51.6 Å². The van der Waals surface area contributed by atoms with E-state index >= 15 is 0 Å². The lowest BCUT2D eigenvalue weighted by molar-refractivity contribution is -0.133. The average molecular weight is 300 g/mol. The molecule has 2 amide bonds. The van der Waals surface area contributed by atoms with Gasteiger partial charge in [-0.1, -0.05) is 29.8 Å². The van der Waals surface area contributed by atoms with Gasteiger partial charge in [0, 0.05) is 38.5 Å². The molecule has 0 radical (unpaired) electrons. The van der Waals surface area contributed by atoms with E-state index in [9.17, 15) is 9.59 Å². The van der Waals surface area contributed by atoms with Gasteiger partial charge in [0.15, 0.2) is 0 Å². The summed E-state index contributed by atoms with van der Waals surface area (Å²) in [5.41, 5.74) is 2.36. The molecule has 0 aromatic heterocycles. The highest BCUT2D eigenvalue weighted by atomic mass is 16.2. The first-order chi connectivity index (χ1) is 10.6. The van der Waals surface area contributed by atoms with Crippen molar-refractivity contribution in [3.05, 3.63) is 35.4 Å². The molecule has 2 saturated heterocycles. The molecule has 2 fully saturated rings. The zero-order valence-corrected chi connectivity index (χ0v) is 13.3. The van der Waals surface area contributed by atoms with E-state index in [1.807, 2.05) is 9.80 Å². The molecule has 4 heteroatoms. The second-order valence-electron chi connectivity index (χ2n) is 6.49. The van der Waals surface area contributed by atoms with Crippen molar-refractivity contribution < 1.29 is 9.59 Å². The highest BCUT2D eigenvalue weighted by Crippen LogP contribution is 2.25. The Morgan fingerprint density at radius 3 is 2.55 bits per heavy atom. The highest BCUT2D eigenvalue weighted by Gasteiger charge is 2.33. The van der Waals surface area contributed by atoms with E-state index in [0.29, 0.717) is 19.4 Å². The monoisotopic (exact) mass is 300 g/mol. The summed E-state index contributed by atoms with van der Waals surface area (Å²) in [5.74, 6) is 0.394. The van der Waals surface area contributed by atoms with Crippen molar-refractivity contribution >= 4 is 11.8 Å². The summed E-state index contributed by atoms with van der Waals surface area (Å²) in [7, 11) is 0. The fourth-order valence-corrected chi connectivity index (χ4v) is 3.41. The van der Waals surface area contributed by atoms with Crippen LogP contribution in [0.3, 0.4) is 0 Å². The van der Waals surface area contributed by atoms with Crippen LogP contribution >= 0.6 is 0 Å². The first-order valence-corrected chi connectivity index (χ1v) is 8.26. The number of hydrogen-bond donors (Lipinski definition) is 0. The fraction of sp³-hybridized carbons (Fsp3) is 0.556. The predicted molar refractivity (Wildman–Crippen MR) is 85.2 cm³/mol. The second kappa shape index (κ2) is 6.51. The van der Waals surface area contributed by atoms with Crippen molar-refractivity contribution in [2.24, 2.45) is 0 Å². The molecule has 22 heavy (non-hydrogen) atoms. The molecule has 3 rings (SSSR count). The van der Waals surface area contributed by atoms with Crippen molar-refractivity contribution in [1.82, 2.24) is 9.80 Å². The quantitative estimate of drug-likeness (QED) is 0.857. The van der Waals surface area contributed by atoms with Crippen LogP contribution in [0.4, 0.5) is 0 Å². The minimum Gasteiger partial charge on any atom is -0.343 e. The molecule has 0 saturated carbocycles. The third-order valence-electron chi connectivity index (χ3n) is 4.80. The van der Waals surface area contributed by atoms with Gasteiger partial charge in [-0.2, -0.15) is 0 Å². The molecule has 2 heterocycles. The number of benzene rings is 1. The Morgan fingerprint density at radius 1 is 1.18 bits per heavy atom. The number of carbonyl (C=O) groups excluding carboxylic acids is 2. The maximum Gasteiger partial charge on any atom is 0.224 e. The summed E-state index contributed by atoms with van der Waals surface area (Å²) in [4.78, 5) is 28.4. The van der Waals surface area contributed by atoms with Gasteiger partial charge in [-0.25, -0.2) is 0 Å². The van der Waals surface area contributed by atoms with Gasteiger partial charge in [-0.3, -0.25) is 9.59 Å². The van der Waals surface area contributed by atoms with Crippen LogP contribution in [0.25, 0.3) is 0 Å². The molecule has 1 aromatic rings. The van der Waals surface area contributed by atoms with Gasteiger partial charge in [-0.15, -0.1) is 0 Å². The molecule has 1 unspecified atom stereocenters. The van der Waals surface area contributed by atoms with Gasteiger partial charge in [0.05, 0.1) is 0 Å². The third kappa shape index (κ3) is 3.32. The summed E-state index contributed by atoms with van der Waals surface area (Å²) in [5, 5.41) is 0. The number of nitrogens with zero attached hydrogens (tertiary/aromatic N) is 2. The smallest absolute Gasteiger partial charge is 0.224 e. The minimum atomic E-state index is 0.0712. The molecule has 0 bridgehead atoms. The van der Waals surface area contributed by atoms with Crippen LogP contribution in [0, 0.1) is 6.92 Å². The zero-order chi connectivity index (χ0) is 15.5. The normalized spacial score (nSPS) is 21.7. The van der Waals surface area contributed by atoms with Crippen LogP contribution in [0.2, 0.25) is 0 Å². The molecule has 0 aliphatic carbocycles. The summed E-state index contributed by atoms with van der Waals surface area (Å²) in [6.45, 7) is 4.45. The van der Waals surface area contributed by atoms with E-state index in [0.717, 1.165) is 37.9 Å². The molecule has 0 spiro atoms. The number of amides is 2. The van der Waals surface area contributed by atoms with Crippen LogP contribution in [0.1, 0.15) is 43.2 Å². The lowest BCUT2D eigenvalue weighted by atomic mass is 10.1. The Balaban J connectivity index is 1.64. The summed E-state index contributed by atoms with van der Waals surface area (Å²) < 4.78 is 0. The van der Waals surface area contributed by atoms with Gasteiger partial charge in [-0.05, 0) is 31.7 Å². The van der Waals surface area contributed by atoms with Crippen LogP contribution in [0.15, 0.2) is 24.3 Å². The molecule has 0 N–H and O–H groups in total. The van der Waals surface area contributed by atoms with Crippen molar-refractivity contribution in [3.8, 4) is 0 Å². The lowest BCUT2D eigenvalue weighted by Crippen LogP contribution is -2.38. The van der Waals surface area contributed by atoms with E-state index in [1.54, 1.807) is 0 Å². The predicted octanol–water partition coefficient (Wildman–Crippen LogP) is 2.50. The van der Waals surface area contributed by atoms with E-state index < -0.39 is 0 Å². The van der Waals surface area contributed by atoms with Gasteiger partial charge in [0.1, 0.15) is 0 Å². The fourth-order valence-electron chi connectivity index (χ4n) is 3.41. The molecule has 4 nitrogen and oxygen atoms in total. The first kappa shape index (κ1) is 15.1. The van der Waals surface area contributed by atoms with Crippen molar-refractivity contribution in [3.63, 3.8) is 0 Å². The second-order valence-corrected chi connectivity index (χ2v) is 6.49. The first-order valence-electron chi connectivity index (χ1n) is 8.26.